The Morgan fingerprint density at radius 1 is 1.00 bits per heavy atom. The van der Waals surface area contributed by atoms with Crippen LogP contribution in [-0.4, -0.2) is 36.7 Å². The van der Waals surface area contributed by atoms with Crippen molar-refractivity contribution in [2.45, 2.75) is 19.9 Å². The Balaban J connectivity index is 2.08. The van der Waals surface area contributed by atoms with E-state index in [0.29, 0.717) is 35.2 Å². The number of aryl methyl sites for hydroxylation is 1. The van der Waals surface area contributed by atoms with Crippen LogP contribution in [0.3, 0.4) is 0 Å². The molecule has 1 aromatic heterocycles. The van der Waals surface area contributed by atoms with Crippen LogP contribution in [0.2, 0.25) is 0 Å². The molecule has 6 heteroatoms. The second-order valence-corrected chi connectivity index (χ2v) is 6.25. The third-order valence-electron chi connectivity index (χ3n) is 4.44. The summed E-state index contributed by atoms with van der Waals surface area (Å²) in [7, 11) is 4.58. The molecule has 1 heterocycles. The van der Waals surface area contributed by atoms with Gasteiger partial charge in [-0.3, -0.25) is 4.79 Å². The molecular weight excluding hydrogens is 356 g/mol. The van der Waals surface area contributed by atoms with Gasteiger partial charge in [-0.15, -0.1) is 0 Å². The van der Waals surface area contributed by atoms with Crippen LogP contribution in [0.15, 0.2) is 48.7 Å². The maximum atomic E-state index is 13.3. The van der Waals surface area contributed by atoms with Gasteiger partial charge in [0.1, 0.15) is 0 Å². The zero-order valence-corrected chi connectivity index (χ0v) is 16.6. The van der Waals surface area contributed by atoms with Gasteiger partial charge in [-0.05, 0) is 18.6 Å². The van der Waals surface area contributed by atoms with Crippen molar-refractivity contribution in [1.29, 1.82) is 0 Å². The van der Waals surface area contributed by atoms with Crippen LogP contribution in [0.25, 0.3) is 11.3 Å². The predicted molar refractivity (Wildman–Crippen MR) is 107 cm³/mol. The minimum absolute atomic E-state index is 0.199. The molecule has 0 radical (unpaired) electrons. The highest BCUT2D eigenvalue weighted by atomic mass is 16.5. The molecule has 0 aliphatic rings. The summed E-state index contributed by atoms with van der Waals surface area (Å²) in [6.45, 7) is 2.77. The van der Waals surface area contributed by atoms with E-state index in [1.54, 1.807) is 12.1 Å². The van der Waals surface area contributed by atoms with Gasteiger partial charge in [0.05, 0.1) is 27.0 Å². The monoisotopic (exact) mass is 380 g/mol. The maximum absolute atomic E-state index is 13.3. The molecule has 0 saturated heterocycles. The second-order valence-electron chi connectivity index (χ2n) is 6.25. The number of aromatic nitrogens is 2. The molecular formula is C22H24N2O4. The fourth-order valence-corrected chi connectivity index (χ4v) is 3.10. The number of ketones is 1. The average molecular weight is 380 g/mol. The molecule has 28 heavy (non-hydrogen) atoms. The standard InChI is InChI=1S/C22H24N2O4/c1-5-11-24-14-17(15-9-7-6-8-10-15)23-22(24)20(25)16-12-18(26-2)21(28-4)19(13-16)27-3/h6-10,12-14H,5,11H2,1-4H3. The van der Waals surface area contributed by atoms with Gasteiger partial charge >= 0.3 is 0 Å². The van der Waals surface area contributed by atoms with Gasteiger partial charge < -0.3 is 18.8 Å². The van der Waals surface area contributed by atoms with E-state index in [-0.39, 0.29) is 5.78 Å². The van der Waals surface area contributed by atoms with Crippen LogP contribution in [-0.2, 0) is 6.54 Å². The van der Waals surface area contributed by atoms with Gasteiger partial charge in [0, 0.05) is 23.9 Å². The Morgan fingerprint density at radius 2 is 1.64 bits per heavy atom. The Hall–Kier alpha value is -3.28. The van der Waals surface area contributed by atoms with Crippen molar-refractivity contribution in [1.82, 2.24) is 9.55 Å². The quantitative estimate of drug-likeness (QED) is 0.548. The number of methoxy groups -OCH3 is 3. The largest absolute Gasteiger partial charge is 0.493 e. The molecule has 2 aromatic carbocycles. The van der Waals surface area contributed by atoms with Crippen molar-refractivity contribution < 1.29 is 19.0 Å². The zero-order chi connectivity index (χ0) is 20.1. The van der Waals surface area contributed by atoms with Crippen LogP contribution in [0.4, 0.5) is 0 Å². The molecule has 0 amide bonds. The number of hydrogen-bond acceptors (Lipinski definition) is 5. The van der Waals surface area contributed by atoms with Crippen LogP contribution in [0, 0.1) is 0 Å². The summed E-state index contributed by atoms with van der Waals surface area (Å²) in [6.07, 6.45) is 2.81. The first-order valence-corrected chi connectivity index (χ1v) is 9.10. The number of imidazole rings is 1. The Bertz CT molecular complexity index is 939. The minimum atomic E-state index is -0.199. The van der Waals surface area contributed by atoms with E-state index in [1.807, 2.05) is 41.1 Å². The van der Waals surface area contributed by atoms with E-state index in [9.17, 15) is 4.79 Å². The van der Waals surface area contributed by atoms with Crippen molar-refractivity contribution in [3.8, 4) is 28.5 Å². The first-order chi connectivity index (χ1) is 13.6. The third-order valence-corrected chi connectivity index (χ3v) is 4.44. The van der Waals surface area contributed by atoms with Crippen molar-refractivity contribution in [2.75, 3.05) is 21.3 Å². The van der Waals surface area contributed by atoms with Gasteiger partial charge in [-0.25, -0.2) is 4.98 Å². The molecule has 0 unspecified atom stereocenters. The van der Waals surface area contributed by atoms with E-state index in [4.69, 9.17) is 14.2 Å². The highest BCUT2D eigenvalue weighted by Crippen LogP contribution is 2.38. The van der Waals surface area contributed by atoms with Gasteiger partial charge in [-0.2, -0.15) is 0 Å². The highest BCUT2D eigenvalue weighted by molar-refractivity contribution is 6.07. The van der Waals surface area contributed by atoms with Crippen LogP contribution < -0.4 is 14.2 Å². The summed E-state index contributed by atoms with van der Waals surface area (Å²) in [6, 6.07) is 13.1. The average Bonchev–Trinajstić information content (AvgIpc) is 3.16. The minimum Gasteiger partial charge on any atom is -0.493 e. The van der Waals surface area contributed by atoms with E-state index in [0.717, 1.165) is 17.7 Å². The Morgan fingerprint density at radius 3 is 2.18 bits per heavy atom. The SMILES string of the molecule is CCCn1cc(-c2ccccc2)nc1C(=O)c1cc(OC)c(OC)c(OC)c1. The predicted octanol–water partition coefficient (Wildman–Crippen LogP) is 4.22. The van der Waals surface area contributed by atoms with Crippen molar-refractivity contribution in [3.63, 3.8) is 0 Å². The third kappa shape index (κ3) is 3.71. The molecule has 0 spiro atoms. The van der Waals surface area contributed by atoms with E-state index < -0.39 is 0 Å². The summed E-state index contributed by atoms with van der Waals surface area (Å²) in [5.74, 6) is 1.50. The zero-order valence-electron chi connectivity index (χ0n) is 16.6. The summed E-state index contributed by atoms with van der Waals surface area (Å²) < 4.78 is 18.0. The number of ether oxygens (including phenoxy) is 3. The number of nitrogens with zero attached hydrogens (tertiary/aromatic N) is 2. The van der Waals surface area contributed by atoms with E-state index in [1.165, 1.54) is 21.3 Å². The number of hydrogen-bond donors (Lipinski definition) is 0. The van der Waals surface area contributed by atoms with E-state index in [2.05, 4.69) is 11.9 Å². The van der Waals surface area contributed by atoms with Gasteiger partial charge in [0.15, 0.2) is 17.3 Å². The van der Waals surface area contributed by atoms with Crippen LogP contribution in [0.5, 0.6) is 17.2 Å². The summed E-state index contributed by atoms with van der Waals surface area (Å²) >= 11 is 0. The van der Waals surface area contributed by atoms with Crippen molar-refractivity contribution in [3.05, 3.63) is 60.0 Å². The lowest BCUT2D eigenvalue weighted by molar-refractivity contribution is 0.102. The summed E-state index contributed by atoms with van der Waals surface area (Å²) in [5.41, 5.74) is 2.17. The number of carbonyl (C=O) groups excluding carboxylic acids is 1. The fraction of sp³-hybridized carbons (Fsp3) is 0.273. The molecule has 6 nitrogen and oxygen atoms in total. The maximum Gasteiger partial charge on any atom is 0.228 e. The van der Waals surface area contributed by atoms with Crippen molar-refractivity contribution >= 4 is 5.78 Å². The molecule has 0 atom stereocenters. The van der Waals surface area contributed by atoms with Gasteiger partial charge in [-0.1, -0.05) is 37.3 Å². The Kier molecular flexibility index (Phi) is 5.99. The molecule has 0 aliphatic carbocycles. The summed E-state index contributed by atoms with van der Waals surface area (Å²) in [4.78, 5) is 17.9. The number of rotatable bonds is 8. The molecule has 0 saturated carbocycles. The molecule has 0 aliphatic heterocycles. The van der Waals surface area contributed by atoms with Crippen LogP contribution >= 0.6 is 0 Å². The fourth-order valence-electron chi connectivity index (χ4n) is 3.10. The lowest BCUT2D eigenvalue weighted by atomic mass is 10.1. The van der Waals surface area contributed by atoms with Crippen LogP contribution in [0.1, 0.15) is 29.5 Å². The molecule has 0 N–H and O–H groups in total. The van der Waals surface area contributed by atoms with Gasteiger partial charge in [0.2, 0.25) is 11.5 Å². The normalized spacial score (nSPS) is 10.6. The van der Waals surface area contributed by atoms with Gasteiger partial charge in [0.25, 0.3) is 0 Å². The lowest BCUT2D eigenvalue weighted by Gasteiger charge is -2.14. The first kappa shape index (κ1) is 19.5. The smallest absolute Gasteiger partial charge is 0.228 e. The summed E-state index contributed by atoms with van der Waals surface area (Å²) in [5, 5.41) is 0. The van der Waals surface area contributed by atoms with E-state index >= 15 is 0 Å². The number of benzene rings is 2. The second kappa shape index (κ2) is 8.61. The molecule has 0 bridgehead atoms. The van der Waals surface area contributed by atoms with Crippen molar-refractivity contribution in [2.24, 2.45) is 0 Å². The Labute approximate surface area is 164 Å². The highest BCUT2D eigenvalue weighted by Gasteiger charge is 2.22. The topological polar surface area (TPSA) is 62.6 Å². The number of carbonyl (C=O) groups is 1. The molecule has 0 fully saturated rings. The lowest BCUT2D eigenvalue weighted by Crippen LogP contribution is -2.12. The first-order valence-electron chi connectivity index (χ1n) is 9.10. The molecule has 3 aromatic rings. The molecule has 3 rings (SSSR count). The molecule has 146 valence electrons.